The van der Waals surface area contributed by atoms with Crippen LogP contribution in [-0.4, -0.2) is 17.1 Å². The number of hydrogen-bond acceptors (Lipinski definition) is 4. The quantitative estimate of drug-likeness (QED) is 0.763. The second kappa shape index (κ2) is 5.88. The second-order valence-corrected chi connectivity index (χ2v) is 6.51. The molecule has 0 atom stereocenters. The van der Waals surface area contributed by atoms with E-state index in [9.17, 15) is 0 Å². The van der Waals surface area contributed by atoms with Crippen molar-refractivity contribution in [2.75, 3.05) is 12.4 Å². The molecule has 118 valence electrons. The number of aromatic nitrogens is 2. The number of methoxy groups -OCH3 is 1. The molecule has 4 nitrogen and oxygen atoms in total. The first-order valence-corrected chi connectivity index (χ1v) is 7.66. The molecule has 3 rings (SSSR count). The first-order chi connectivity index (χ1) is 11.0. The monoisotopic (exact) mass is 307 g/mol. The third-order valence-electron chi connectivity index (χ3n) is 3.63. The summed E-state index contributed by atoms with van der Waals surface area (Å²) in [5.74, 6) is 1.62. The fourth-order valence-electron chi connectivity index (χ4n) is 2.42. The molecule has 0 aliphatic heterocycles. The van der Waals surface area contributed by atoms with Gasteiger partial charge < -0.3 is 10.1 Å². The van der Waals surface area contributed by atoms with Gasteiger partial charge in [-0.3, -0.25) is 0 Å². The van der Waals surface area contributed by atoms with Crippen LogP contribution in [0.2, 0.25) is 0 Å². The summed E-state index contributed by atoms with van der Waals surface area (Å²) in [7, 11) is 1.66. The molecule has 1 aromatic heterocycles. The average molecular weight is 307 g/mol. The van der Waals surface area contributed by atoms with Crippen LogP contribution >= 0.6 is 0 Å². The van der Waals surface area contributed by atoms with Gasteiger partial charge in [-0.1, -0.05) is 32.9 Å². The summed E-state index contributed by atoms with van der Waals surface area (Å²) in [6.45, 7) is 6.43. The van der Waals surface area contributed by atoms with Gasteiger partial charge in [-0.2, -0.15) is 0 Å². The molecule has 0 bridgehead atoms. The molecule has 1 N–H and O–H groups in total. The summed E-state index contributed by atoms with van der Waals surface area (Å²) < 4.78 is 5.20. The molecule has 0 fully saturated rings. The summed E-state index contributed by atoms with van der Waals surface area (Å²) in [6, 6.07) is 15.7. The standard InChI is InChI=1S/C19H21N3O/c1-19(2,3)17-18(20-13-9-11-14(23-4)12-10-13)22-16-8-6-5-7-15(16)21-17/h5-12H,1-4H3,(H,20,22). The number of nitrogens with one attached hydrogen (secondary N) is 1. The van der Waals surface area contributed by atoms with Gasteiger partial charge >= 0.3 is 0 Å². The van der Waals surface area contributed by atoms with E-state index in [-0.39, 0.29) is 5.41 Å². The van der Waals surface area contributed by atoms with Crippen molar-refractivity contribution in [3.63, 3.8) is 0 Å². The summed E-state index contributed by atoms with van der Waals surface area (Å²) in [6.07, 6.45) is 0. The number of fused-ring (bicyclic) bond motifs is 1. The summed E-state index contributed by atoms with van der Waals surface area (Å²) in [5.41, 5.74) is 3.60. The third-order valence-corrected chi connectivity index (χ3v) is 3.63. The van der Waals surface area contributed by atoms with Gasteiger partial charge in [0.2, 0.25) is 0 Å². The van der Waals surface area contributed by atoms with Crippen LogP contribution in [0.15, 0.2) is 48.5 Å². The zero-order chi connectivity index (χ0) is 16.4. The largest absolute Gasteiger partial charge is 0.497 e. The maximum Gasteiger partial charge on any atom is 0.153 e. The number of para-hydroxylation sites is 2. The van der Waals surface area contributed by atoms with Gasteiger partial charge in [-0.25, -0.2) is 9.97 Å². The lowest BCUT2D eigenvalue weighted by Gasteiger charge is -2.22. The Hall–Kier alpha value is -2.62. The van der Waals surface area contributed by atoms with Crippen LogP contribution in [0.3, 0.4) is 0 Å². The van der Waals surface area contributed by atoms with Crippen LogP contribution in [0.5, 0.6) is 5.75 Å². The molecule has 0 saturated heterocycles. The van der Waals surface area contributed by atoms with Gasteiger partial charge in [0.1, 0.15) is 5.75 Å². The third kappa shape index (κ3) is 3.26. The number of benzene rings is 2. The van der Waals surface area contributed by atoms with Gasteiger partial charge in [0.25, 0.3) is 0 Å². The topological polar surface area (TPSA) is 47.0 Å². The van der Waals surface area contributed by atoms with Crippen molar-refractivity contribution >= 4 is 22.5 Å². The smallest absolute Gasteiger partial charge is 0.153 e. The highest BCUT2D eigenvalue weighted by Gasteiger charge is 2.22. The predicted octanol–water partition coefficient (Wildman–Crippen LogP) is 4.68. The maximum absolute atomic E-state index is 5.20. The molecule has 0 unspecified atom stereocenters. The first kappa shape index (κ1) is 15.3. The van der Waals surface area contributed by atoms with Crippen LogP contribution < -0.4 is 10.1 Å². The zero-order valence-electron chi connectivity index (χ0n) is 13.9. The number of nitrogens with zero attached hydrogens (tertiary/aromatic N) is 2. The lowest BCUT2D eigenvalue weighted by Crippen LogP contribution is -2.17. The van der Waals surface area contributed by atoms with Crippen molar-refractivity contribution in [1.29, 1.82) is 0 Å². The van der Waals surface area contributed by atoms with Gasteiger partial charge in [-0.15, -0.1) is 0 Å². The lowest BCUT2D eigenvalue weighted by molar-refractivity contribution is 0.415. The molecule has 0 aliphatic carbocycles. The Morgan fingerprint density at radius 2 is 1.48 bits per heavy atom. The Kier molecular flexibility index (Phi) is 3.90. The molecule has 0 amide bonds. The van der Waals surface area contributed by atoms with Crippen LogP contribution in [0.4, 0.5) is 11.5 Å². The fraction of sp³-hybridized carbons (Fsp3) is 0.263. The van der Waals surface area contributed by atoms with E-state index in [4.69, 9.17) is 14.7 Å². The van der Waals surface area contributed by atoms with Crippen LogP contribution in [0, 0.1) is 0 Å². The Balaban J connectivity index is 2.06. The van der Waals surface area contributed by atoms with E-state index >= 15 is 0 Å². The Morgan fingerprint density at radius 1 is 0.870 bits per heavy atom. The highest BCUT2D eigenvalue weighted by molar-refractivity contribution is 5.77. The molecule has 23 heavy (non-hydrogen) atoms. The predicted molar refractivity (Wildman–Crippen MR) is 94.5 cm³/mol. The van der Waals surface area contributed by atoms with Gasteiger partial charge in [0.15, 0.2) is 5.82 Å². The minimum absolute atomic E-state index is 0.105. The normalized spacial score (nSPS) is 11.5. The highest BCUT2D eigenvalue weighted by Crippen LogP contribution is 2.30. The minimum Gasteiger partial charge on any atom is -0.497 e. The van der Waals surface area contributed by atoms with E-state index in [0.29, 0.717) is 0 Å². The Morgan fingerprint density at radius 3 is 2.04 bits per heavy atom. The molecule has 0 radical (unpaired) electrons. The SMILES string of the molecule is COc1ccc(Nc2nc3ccccc3nc2C(C)(C)C)cc1. The van der Waals surface area contributed by atoms with E-state index in [1.165, 1.54) is 0 Å². The summed E-state index contributed by atoms with van der Waals surface area (Å²) >= 11 is 0. The van der Waals surface area contributed by atoms with Crippen molar-refractivity contribution in [2.45, 2.75) is 26.2 Å². The van der Waals surface area contributed by atoms with Gasteiger partial charge in [0.05, 0.1) is 23.8 Å². The first-order valence-electron chi connectivity index (χ1n) is 7.66. The van der Waals surface area contributed by atoms with Crippen LogP contribution in [0.25, 0.3) is 11.0 Å². The molecular formula is C19H21N3O. The van der Waals surface area contributed by atoms with Crippen LogP contribution in [0.1, 0.15) is 26.5 Å². The number of anilines is 2. The van der Waals surface area contributed by atoms with Crippen molar-refractivity contribution in [3.05, 3.63) is 54.2 Å². The molecule has 0 aliphatic rings. The number of rotatable bonds is 3. The maximum atomic E-state index is 5.20. The molecule has 4 heteroatoms. The van der Waals surface area contributed by atoms with Crippen molar-refractivity contribution < 1.29 is 4.74 Å². The van der Waals surface area contributed by atoms with E-state index in [1.54, 1.807) is 7.11 Å². The molecule has 0 saturated carbocycles. The summed E-state index contributed by atoms with van der Waals surface area (Å²) in [4.78, 5) is 9.60. The average Bonchev–Trinajstić information content (AvgIpc) is 2.54. The Labute approximate surface area is 136 Å². The minimum atomic E-state index is -0.105. The van der Waals surface area contributed by atoms with Crippen LogP contribution in [-0.2, 0) is 5.41 Å². The van der Waals surface area contributed by atoms with Gasteiger partial charge in [-0.05, 0) is 36.4 Å². The highest BCUT2D eigenvalue weighted by atomic mass is 16.5. The molecule has 2 aromatic carbocycles. The van der Waals surface area contributed by atoms with E-state index in [0.717, 1.165) is 34.0 Å². The molecular weight excluding hydrogens is 286 g/mol. The number of hydrogen-bond donors (Lipinski definition) is 1. The lowest BCUT2D eigenvalue weighted by atomic mass is 9.91. The van der Waals surface area contributed by atoms with E-state index in [1.807, 2.05) is 48.5 Å². The molecule has 1 heterocycles. The fourth-order valence-corrected chi connectivity index (χ4v) is 2.42. The number of ether oxygens (including phenoxy) is 1. The molecule has 0 spiro atoms. The Bertz CT molecular complexity index is 820. The van der Waals surface area contributed by atoms with E-state index in [2.05, 4.69) is 26.1 Å². The summed E-state index contributed by atoms with van der Waals surface area (Å²) in [5, 5.41) is 3.39. The van der Waals surface area contributed by atoms with Crippen molar-refractivity contribution in [3.8, 4) is 5.75 Å². The molecule has 3 aromatic rings. The van der Waals surface area contributed by atoms with E-state index < -0.39 is 0 Å². The zero-order valence-corrected chi connectivity index (χ0v) is 13.9. The second-order valence-electron chi connectivity index (χ2n) is 6.51. The van der Waals surface area contributed by atoms with Crippen molar-refractivity contribution in [1.82, 2.24) is 9.97 Å². The van der Waals surface area contributed by atoms with Gasteiger partial charge in [0, 0.05) is 11.1 Å². The van der Waals surface area contributed by atoms with Crippen molar-refractivity contribution in [2.24, 2.45) is 0 Å².